The van der Waals surface area contributed by atoms with Crippen LogP contribution in [0.3, 0.4) is 0 Å². The van der Waals surface area contributed by atoms with Crippen LogP contribution in [0.2, 0.25) is 0 Å². The summed E-state index contributed by atoms with van der Waals surface area (Å²) in [4.78, 5) is 2.58. The van der Waals surface area contributed by atoms with E-state index in [2.05, 4.69) is 11.8 Å². The van der Waals surface area contributed by atoms with Crippen molar-refractivity contribution in [2.24, 2.45) is 0 Å². The maximum absolute atomic E-state index is 12.9. The topological polar surface area (TPSA) is 49.9 Å². The molecule has 3 rings (SSSR count). The first-order valence-electron chi connectivity index (χ1n) is 9.52. The molecule has 1 heterocycles. The first-order valence-corrected chi connectivity index (χ1v) is 11.0. The van der Waals surface area contributed by atoms with E-state index in [1.807, 2.05) is 36.4 Å². The molecular weight excluding hydrogens is 360 g/mol. The van der Waals surface area contributed by atoms with Crippen molar-refractivity contribution in [1.82, 2.24) is 4.31 Å². The van der Waals surface area contributed by atoms with Crippen LogP contribution in [0.4, 0.5) is 5.69 Å². The van der Waals surface area contributed by atoms with Crippen LogP contribution in [0.5, 0.6) is 5.75 Å². The first kappa shape index (κ1) is 19.7. The molecule has 0 amide bonds. The van der Waals surface area contributed by atoms with Crippen molar-refractivity contribution in [1.29, 1.82) is 0 Å². The van der Waals surface area contributed by atoms with E-state index in [0.717, 1.165) is 30.7 Å². The van der Waals surface area contributed by atoms with Crippen LogP contribution in [0.1, 0.15) is 25.3 Å². The molecular formula is C21H28N2O3S. The highest BCUT2D eigenvalue weighted by atomic mass is 32.2. The van der Waals surface area contributed by atoms with Crippen molar-refractivity contribution in [3.63, 3.8) is 0 Å². The van der Waals surface area contributed by atoms with Gasteiger partial charge in [-0.2, -0.15) is 4.31 Å². The average molecular weight is 389 g/mol. The molecule has 146 valence electrons. The number of aryl methyl sites for hydroxylation is 1. The van der Waals surface area contributed by atoms with Crippen molar-refractivity contribution in [3.05, 3.63) is 54.1 Å². The van der Waals surface area contributed by atoms with E-state index in [4.69, 9.17) is 4.74 Å². The van der Waals surface area contributed by atoms with Gasteiger partial charge in [-0.15, -0.1) is 0 Å². The van der Waals surface area contributed by atoms with Crippen molar-refractivity contribution < 1.29 is 13.2 Å². The van der Waals surface area contributed by atoms with Gasteiger partial charge in [0.25, 0.3) is 0 Å². The van der Waals surface area contributed by atoms with Crippen LogP contribution in [0, 0.1) is 0 Å². The number of hydrogen-bond acceptors (Lipinski definition) is 4. The SMILES string of the molecule is CCCCc1ccc(S(=O)(=O)N2CCN(c3cccc(OC)c3)CC2)cc1. The van der Waals surface area contributed by atoms with E-state index in [0.29, 0.717) is 31.1 Å². The Hall–Kier alpha value is -2.05. The molecule has 0 radical (unpaired) electrons. The summed E-state index contributed by atoms with van der Waals surface area (Å²) in [5.74, 6) is 0.811. The van der Waals surface area contributed by atoms with E-state index in [-0.39, 0.29) is 0 Å². The second-order valence-electron chi connectivity index (χ2n) is 6.84. The molecule has 1 aliphatic heterocycles. The number of anilines is 1. The number of piperazine rings is 1. The fraction of sp³-hybridized carbons (Fsp3) is 0.429. The predicted octanol–water partition coefficient (Wildman–Crippen LogP) is 3.55. The average Bonchev–Trinajstić information content (AvgIpc) is 2.72. The van der Waals surface area contributed by atoms with Crippen LogP contribution in [-0.2, 0) is 16.4 Å². The lowest BCUT2D eigenvalue weighted by Crippen LogP contribution is -2.48. The number of ether oxygens (including phenoxy) is 1. The van der Waals surface area contributed by atoms with Crippen LogP contribution >= 0.6 is 0 Å². The molecule has 0 bridgehead atoms. The Morgan fingerprint density at radius 3 is 2.33 bits per heavy atom. The Morgan fingerprint density at radius 1 is 1.00 bits per heavy atom. The Morgan fingerprint density at radius 2 is 1.70 bits per heavy atom. The molecule has 6 heteroatoms. The lowest BCUT2D eigenvalue weighted by Gasteiger charge is -2.35. The van der Waals surface area contributed by atoms with Crippen molar-refractivity contribution >= 4 is 15.7 Å². The second kappa shape index (κ2) is 8.76. The van der Waals surface area contributed by atoms with E-state index in [1.54, 1.807) is 23.5 Å². The van der Waals surface area contributed by atoms with E-state index in [9.17, 15) is 8.42 Å². The largest absolute Gasteiger partial charge is 0.497 e. The molecule has 2 aromatic rings. The minimum absolute atomic E-state index is 0.387. The highest BCUT2D eigenvalue weighted by Gasteiger charge is 2.28. The molecule has 27 heavy (non-hydrogen) atoms. The summed E-state index contributed by atoms with van der Waals surface area (Å²) in [6, 6.07) is 15.3. The lowest BCUT2D eigenvalue weighted by atomic mass is 10.1. The fourth-order valence-corrected chi connectivity index (χ4v) is 4.77. The van der Waals surface area contributed by atoms with Gasteiger partial charge in [0.05, 0.1) is 12.0 Å². The number of unbranched alkanes of at least 4 members (excludes halogenated alkanes) is 1. The summed E-state index contributed by atoms with van der Waals surface area (Å²) in [5, 5.41) is 0. The third kappa shape index (κ3) is 4.62. The number of benzene rings is 2. The summed E-state index contributed by atoms with van der Waals surface area (Å²) in [7, 11) is -1.79. The van der Waals surface area contributed by atoms with E-state index >= 15 is 0 Å². The zero-order chi connectivity index (χ0) is 19.3. The zero-order valence-corrected chi connectivity index (χ0v) is 16.9. The van der Waals surface area contributed by atoms with Crippen LogP contribution in [0.25, 0.3) is 0 Å². The van der Waals surface area contributed by atoms with Crippen molar-refractivity contribution in [2.75, 3.05) is 38.2 Å². The van der Waals surface area contributed by atoms with Gasteiger partial charge in [0, 0.05) is 37.9 Å². The molecule has 0 saturated carbocycles. The van der Waals surface area contributed by atoms with Gasteiger partial charge in [-0.25, -0.2) is 8.42 Å². The quantitative estimate of drug-likeness (QED) is 0.728. The standard InChI is InChI=1S/C21H28N2O3S/c1-3-4-6-18-9-11-21(12-10-18)27(24,25)23-15-13-22(14-16-23)19-7-5-8-20(17-19)26-2/h5,7-12,17H,3-4,6,13-16H2,1-2H3. The Bertz CT molecular complexity index is 842. The Labute approximate surface area is 162 Å². The van der Waals surface area contributed by atoms with Crippen LogP contribution in [0.15, 0.2) is 53.4 Å². The molecule has 0 N–H and O–H groups in total. The molecule has 2 aromatic carbocycles. The Balaban J connectivity index is 1.65. The Kier molecular flexibility index (Phi) is 6.39. The number of hydrogen-bond donors (Lipinski definition) is 0. The van der Waals surface area contributed by atoms with Gasteiger partial charge in [-0.3, -0.25) is 0 Å². The third-order valence-electron chi connectivity index (χ3n) is 5.04. The molecule has 0 atom stereocenters. The van der Waals surface area contributed by atoms with E-state index < -0.39 is 10.0 Å². The number of methoxy groups -OCH3 is 1. The number of sulfonamides is 1. The molecule has 1 saturated heterocycles. The van der Waals surface area contributed by atoms with Crippen molar-refractivity contribution in [3.8, 4) is 5.75 Å². The summed E-state index contributed by atoms with van der Waals surface area (Å²) >= 11 is 0. The third-order valence-corrected chi connectivity index (χ3v) is 6.95. The van der Waals surface area contributed by atoms with Gasteiger partial charge in [0.1, 0.15) is 5.75 Å². The van der Waals surface area contributed by atoms with Crippen LogP contribution in [-0.4, -0.2) is 46.0 Å². The highest BCUT2D eigenvalue weighted by Crippen LogP contribution is 2.24. The maximum Gasteiger partial charge on any atom is 0.243 e. The van der Waals surface area contributed by atoms with Gasteiger partial charge < -0.3 is 9.64 Å². The normalized spacial score (nSPS) is 15.7. The molecule has 0 aliphatic carbocycles. The monoisotopic (exact) mass is 388 g/mol. The number of nitrogens with zero attached hydrogens (tertiary/aromatic N) is 2. The molecule has 0 aromatic heterocycles. The van der Waals surface area contributed by atoms with E-state index in [1.165, 1.54) is 5.56 Å². The number of rotatable bonds is 7. The predicted molar refractivity (Wildman–Crippen MR) is 109 cm³/mol. The summed E-state index contributed by atoms with van der Waals surface area (Å²) in [6.45, 7) is 4.46. The van der Waals surface area contributed by atoms with Gasteiger partial charge in [-0.05, 0) is 42.7 Å². The van der Waals surface area contributed by atoms with Gasteiger partial charge in [0.15, 0.2) is 0 Å². The summed E-state index contributed by atoms with van der Waals surface area (Å²) < 4.78 is 32.8. The molecule has 0 spiro atoms. The minimum atomic E-state index is -3.44. The molecule has 0 unspecified atom stereocenters. The molecule has 5 nitrogen and oxygen atoms in total. The molecule has 1 aliphatic rings. The lowest BCUT2D eigenvalue weighted by molar-refractivity contribution is 0.384. The minimum Gasteiger partial charge on any atom is -0.497 e. The maximum atomic E-state index is 12.9. The second-order valence-corrected chi connectivity index (χ2v) is 8.78. The highest BCUT2D eigenvalue weighted by molar-refractivity contribution is 7.89. The van der Waals surface area contributed by atoms with Crippen LogP contribution < -0.4 is 9.64 Å². The van der Waals surface area contributed by atoms with Crippen molar-refractivity contribution in [2.45, 2.75) is 31.1 Å². The fourth-order valence-electron chi connectivity index (χ4n) is 3.35. The zero-order valence-electron chi connectivity index (χ0n) is 16.1. The van der Waals surface area contributed by atoms with Gasteiger partial charge in [-0.1, -0.05) is 31.5 Å². The summed E-state index contributed by atoms with van der Waals surface area (Å²) in [5.41, 5.74) is 2.25. The smallest absolute Gasteiger partial charge is 0.243 e. The first-order chi connectivity index (χ1) is 13.0. The van der Waals surface area contributed by atoms with Gasteiger partial charge in [0.2, 0.25) is 10.0 Å². The van der Waals surface area contributed by atoms with Gasteiger partial charge >= 0.3 is 0 Å². The summed E-state index contributed by atoms with van der Waals surface area (Å²) in [6.07, 6.45) is 3.26. The molecule has 1 fully saturated rings.